The molecule has 0 fully saturated rings. The molecular weight excluding hydrogens is 271 g/mol. The lowest BCUT2D eigenvalue weighted by Gasteiger charge is -2.07. The zero-order valence-electron chi connectivity index (χ0n) is 11.2. The largest absolute Gasteiger partial charge is 0.494 e. The zero-order chi connectivity index (χ0) is 13.4. The van der Waals surface area contributed by atoms with Crippen LogP contribution in [-0.4, -0.2) is 32.7 Å². The van der Waals surface area contributed by atoms with Gasteiger partial charge in [0, 0.05) is 18.7 Å². The molecule has 6 heteroatoms. The Kier molecular flexibility index (Phi) is 8.91. The van der Waals surface area contributed by atoms with Crippen molar-refractivity contribution < 1.29 is 13.9 Å². The van der Waals surface area contributed by atoms with Crippen LogP contribution in [0, 0.1) is 5.82 Å². The molecule has 0 radical (unpaired) electrons. The minimum atomic E-state index is -0.533. The first-order valence-electron chi connectivity index (χ1n) is 6.01. The summed E-state index contributed by atoms with van der Waals surface area (Å²) in [5.41, 5.74) is 0.295. The van der Waals surface area contributed by atoms with Crippen LogP contribution >= 0.6 is 12.4 Å². The fourth-order valence-corrected chi connectivity index (χ4v) is 1.48. The van der Waals surface area contributed by atoms with Crippen molar-refractivity contribution in [1.82, 2.24) is 10.6 Å². The first-order chi connectivity index (χ1) is 8.69. The Morgan fingerprint density at radius 2 is 2.05 bits per heavy atom. The minimum absolute atomic E-state index is 0. The van der Waals surface area contributed by atoms with Gasteiger partial charge < -0.3 is 15.4 Å². The number of hydrogen-bond acceptors (Lipinski definition) is 3. The average molecular weight is 291 g/mol. The Morgan fingerprint density at radius 1 is 1.32 bits per heavy atom. The van der Waals surface area contributed by atoms with Gasteiger partial charge in [-0.05, 0) is 31.2 Å². The van der Waals surface area contributed by atoms with E-state index in [9.17, 15) is 9.18 Å². The first-order valence-corrected chi connectivity index (χ1v) is 6.01. The number of carbonyl (C=O) groups excluding carboxylic acids is 1. The molecule has 19 heavy (non-hydrogen) atoms. The van der Waals surface area contributed by atoms with Gasteiger partial charge in [-0.15, -0.1) is 12.4 Å². The highest BCUT2D eigenvalue weighted by Crippen LogP contribution is 2.17. The third kappa shape index (κ3) is 5.89. The molecule has 0 saturated carbocycles. The Hall–Kier alpha value is -1.33. The van der Waals surface area contributed by atoms with E-state index in [1.54, 1.807) is 0 Å². The topological polar surface area (TPSA) is 50.4 Å². The Labute approximate surface area is 119 Å². The van der Waals surface area contributed by atoms with E-state index in [0.29, 0.717) is 18.7 Å². The lowest BCUT2D eigenvalue weighted by Crippen LogP contribution is -2.32. The molecule has 2 N–H and O–H groups in total. The molecule has 108 valence electrons. The summed E-state index contributed by atoms with van der Waals surface area (Å²) in [6, 6.07) is 4.16. The van der Waals surface area contributed by atoms with Crippen LogP contribution < -0.4 is 15.4 Å². The summed E-state index contributed by atoms with van der Waals surface area (Å²) in [7, 11) is 1.39. The number of amides is 1. The zero-order valence-corrected chi connectivity index (χ0v) is 12.0. The third-order valence-corrected chi connectivity index (χ3v) is 2.43. The molecule has 0 heterocycles. The number of methoxy groups -OCH3 is 1. The SMILES string of the molecule is CCCNCCNC(=O)c1ccc(OC)c(F)c1.Cl. The van der Waals surface area contributed by atoms with Crippen LogP contribution in [0.1, 0.15) is 23.7 Å². The minimum Gasteiger partial charge on any atom is -0.494 e. The van der Waals surface area contributed by atoms with E-state index in [-0.39, 0.29) is 24.1 Å². The van der Waals surface area contributed by atoms with Gasteiger partial charge in [-0.25, -0.2) is 4.39 Å². The van der Waals surface area contributed by atoms with Crippen LogP contribution in [0.3, 0.4) is 0 Å². The predicted octanol–water partition coefficient (Wildman–Crippen LogP) is 1.99. The monoisotopic (exact) mass is 290 g/mol. The lowest BCUT2D eigenvalue weighted by atomic mass is 10.2. The average Bonchev–Trinajstić information content (AvgIpc) is 2.38. The van der Waals surface area contributed by atoms with Gasteiger partial charge in [0.2, 0.25) is 0 Å². The van der Waals surface area contributed by atoms with Crippen molar-refractivity contribution in [2.75, 3.05) is 26.7 Å². The van der Waals surface area contributed by atoms with E-state index in [4.69, 9.17) is 4.74 Å². The summed E-state index contributed by atoms with van der Waals surface area (Å²) in [5.74, 6) is -0.680. The van der Waals surface area contributed by atoms with Gasteiger partial charge in [0.25, 0.3) is 5.91 Å². The summed E-state index contributed by atoms with van der Waals surface area (Å²) in [6.45, 7) is 4.23. The van der Waals surface area contributed by atoms with Gasteiger partial charge in [-0.3, -0.25) is 4.79 Å². The normalized spacial score (nSPS) is 9.63. The molecule has 0 aliphatic rings. The van der Waals surface area contributed by atoms with E-state index >= 15 is 0 Å². The van der Waals surface area contributed by atoms with Crippen LogP contribution in [-0.2, 0) is 0 Å². The summed E-state index contributed by atoms with van der Waals surface area (Å²) in [6.07, 6.45) is 1.05. The number of ether oxygens (including phenoxy) is 1. The van der Waals surface area contributed by atoms with Gasteiger partial charge >= 0.3 is 0 Å². The number of carbonyl (C=O) groups is 1. The second-order valence-electron chi connectivity index (χ2n) is 3.86. The van der Waals surface area contributed by atoms with Gasteiger partial charge in [0.1, 0.15) is 0 Å². The number of nitrogens with one attached hydrogen (secondary N) is 2. The maximum atomic E-state index is 13.4. The molecule has 1 aromatic rings. The van der Waals surface area contributed by atoms with Crippen molar-refractivity contribution in [2.45, 2.75) is 13.3 Å². The highest BCUT2D eigenvalue weighted by atomic mass is 35.5. The van der Waals surface area contributed by atoms with Crippen LogP contribution in [0.2, 0.25) is 0 Å². The highest BCUT2D eigenvalue weighted by molar-refractivity contribution is 5.94. The molecule has 0 unspecified atom stereocenters. The standard InChI is InChI=1S/C13H19FN2O2.ClH/c1-3-6-15-7-8-16-13(17)10-4-5-12(18-2)11(14)9-10;/h4-5,9,15H,3,6-8H2,1-2H3,(H,16,17);1H. The van der Waals surface area contributed by atoms with Gasteiger partial charge in [0.05, 0.1) is 7.11 Å². The second-order valence-corrected chi connectivity index (χ2v) is 3.86. The van der Waals surface area contributed by atoms with Crippen molar-refractivity contribution in [3.8, 4) is 5.75 Å². The highest BCUT2D eigenvalue weighted by Gasteiger charge is 2.09. The van der Waals surface area contributed by atoms with Gasteiger partial charge in [-0.1, -0.05) is 6.92 Å². The second kappa shape index (κ2) is 9.58. The molecule has 4 nitrogen and oxygen atoms in total. The van der Waals surface area contributed by atoms with Gasteiger partial charge in [0.15, 0.2) is 11.6 Å². The fraction of sp³-hybridized carbons (Fsp3) is 0.462. The smallest absolute Gasteiger partial charge is 0.251 e. The number of rotatable bonds is 7. The van der Waals surface area contributed by atoms with E-state index in [1.165, 1.54) is 25.3 Å². The van der Waals surface area contributed by atoms with Crippen LogP contribution in [0.4, 0.5) is 4.39 Å². The van der Waals surface area contributed by atoms with E-state index in [0.717, 1.165) is 13.0 Å². The maximum absolute atomic E-state index is 13.4. The van der Waals surface area contributed by atoms with Crippen molar-refractivity contribution >= 4 is 18.3 Å². The molecule has 0 aliphatic heterocycles. The van der Waals surface area contributed by atoms with Gasteiger partial charge in [-0.2, -0.15) is 0 Å². The molecule has 0 saturated heterocycles. The Balaban J connectivity index is 0.00000324. The van der Waals surface area contributed by atoms with Crippen LogP contribution in [0.15, 0.2) is 18.2 Å². The molecule has 0 aliphatic carbocycles. The molecule has 1 aromatic carbocycles. The molecule has 0 spiro atoms. The summed E-state index contributed by atoms with van der Waals surface area (Å²) in [5, 5.41) is 5.88. The first kappa shape index (κ1) is 17.7. The van der Waals surface area contributed by atoms with Crippen molar-refractivity contribution in [3.63, 3.8) is 0 Å². The Bertz CT molecular complexity index is 402. The van der Waals surface area contributed by atoms with Crippen molar-refractivity contribution in [3.05, 3.63) is 29.6 Å². The third-order valence-electron chi connectivity index (χ3n) is 2.43. The molecule has 0 bridgehead atoms. The van der Waals surface area contributed by atoms with Crippen molar-refractivity contribution in [1.29, 1.82) is 0 Å². The number of benzene rings is 1. The molecule has 0 atom stereocenters. The number of hydrogen-bond donors (Lipinski definition) is 2. The maximum Gasteiger partial charge on any atom is 0.251 e. The van der Waals surface area contributed by atoms with Crippen molar-refractivity contribution in [2.24, 2.45) is 0 Å². The molecule has 0 aromatic heterocycles. The lowest BCUT2D eigenvalue weighted by molar-refractivity contribution is 0.0953. The van der Waals surface area contributed by atoms with E-state index < -0.39 is 5.82 Å². The number of halogens is 2. The van der Waals surface area contributed by atoms with E-state index in [1.807, 2.05) is 0 Å². The molecule has 1 amide bonds. The van der Waals surface area contributed by atoms with Crippen LogP contribution in [0.5, 0.6) is 5.75 Å². The van der Waals surface area contributed by atoms with Crippen LogP contribution in [0.25, 0.3) is 0 Å². The quantitative estimate of drug-likeness (QED) is 0.755. The fourth-order valence-electron chi connectivity index (χ4n) is 1.48. The Morgan fingerprint density at radius 3 is 2.63 bits per heavy atom. The summed E-state index contributed by atoms with van der Waals surface area (Å²) < 4.78 is 18.2. The molecule has 1 rings (SSSR count). The predicted molar refractivity (Wildman–Crippen MR) is 75.7 cm³/mol. The summed E-state index contributed by atoms with van der Waals surface area (Å²) in [4.78, 5) is 11.7. The molecular formula is C13H20ClFN2O2. The van der Waals surface area contributed by atoms with E-state index in [2.05, 4.69) is 17.6 Å². The summed E-state index contributed by atoms with van der Waals surface area (Å²) >= 11 is 0.